The lowest BCUT2D eigenvalue weighted by molar-refractivity contribution is -0.275. The van der Waals surface area contributed by atoms with Crippen molar-refractivity contribution in [2.24, 2.45) is 0 Å². The third-order valence-electron chi connectivity index (χ3n) is 2.41. The lowest BCUT2D eigenvalue weighted by Gasteiger charge is -2.16. The molecule has 0 radical (unpaired) electrons. The number of hydrogen-bond donors (Lipinski definition) is 2. The van der Waals surface area contributed by atoms with Gasteiger partial charge in [0.1, 0.15) is 5.75 Å². The van der Waals surface area contributed by atoms with Crippen LogP contribution in [-0.4, -0.2) is 33.7 Å². The Balaban J connectivity index is 3.26. The van der Waals surface area contributed by atoms with E-state index in [0.717, 1.165) is 18.2 Å². The maximum absolute atomic E-state index is 12.3. The van der Waals surface area contributed by atoms with Crippen LogP contribution in [0.3, 0.4) is 0 Å². The molecule has 21 heavy (non-hydrogen) atoms. The third-order valence-corrected chi connectivity index (χ3v) is 2.81. The lowest BCUT2D eigenvalue weighted by Crippen LogP contribution is -2.20. The molecule has 0 aliphatic heterocycles. The van der Waals surface area contributed by atoms with Gasteiger partial charge in [0, 0.05) is 22.9 Å². The van der Waals surface area contributed by atoms with Gasteiger partial charge in [-0.15, -0.1) is 13.2 Å². The van der Waals surface area contributed by atoms with Gasteiger partial charge in [-0.3, -0.25) is 4.79 Å². The Morgan fingerprint density at radius 3 is 2.43 bits per heavy atom. The molecule has 0 saturated heterocycles. The van der Waals surface area contributed by atoms with Crippen LogP contribution in [0.1, 0.15) is 28.4 Å². The van der Waals surface area contributed by atoms with Crippen LogP contribution in [0.15, 0.2) is 18.2 Å². The molecule has 0 saturated carbocycles. The Morgan fingerprint density at radius 2 is 1.95 bits per heavy atom. The zero-order valence-electron chi connectivity index (χ0n) is 10.4. The quantitative estimate of drug-likeness (QED) is 0.594. The standard InChI is InChI=1S/C12H10BrF3O5/c13-4-3-8(17)6-1-2-7(10(18)11(19)20)9(5-6)21-12(14,15)16/h1-2,5,10,18H,3-4H2,(H,19,20). The van der Waals surface area contributed by atoms with Crippen LogP contribution >= 0.6 is 15.9 Å². The minimum Gasteiger partial charge on any atom is -0.479 e. The molecule has 2 N–H and O–H groups in total. The molecule has 5 nitrogen and oxygen atoms in total. The van der Waals surface area contributed by atoms with E-state index >= 15 is 0 Å². The van der Waals surface area contributed by atoms with Gasteiger partial charge < -0.3 is 14.9 Å². The summed E-state index contributed by atoms with van der Waals surface area (Å²) in [5, 5.41) is 18.4. The van der Waals surface area contributed by atoms with Gasteiger partial charge >= 0.3 is 12.3 Å². The summed E-state index contributed by atoms with van der Waals surface area (Å²) in [6, 6.07) is 2.82. The topological polar surface area (TPSA) is 83.8 Å². The predicted molar refractivity (Wildman–Crippen MR) is 68.5 cm³/mol. The average Bonchev–Trinajstić information content (AvgIpc) is 2.36. The zero-order chi connectivity index (χ0) is 16.2. The predicted octanol–water partition coefficient (Wildman–Crippen LogP) is 2.67. The van der Waals surface area contributed by atoms with Crippen molar-refractivity contribution < 1.29 is 37.7 Å². The first kappa shape index (κ1) is 17.4. The summed E-state index contributed by atoms with van der Waals surface area (Å²) in [5.74, 6) is -3.10. The first-order valence-corrected chi connectivity index (χ1v) is 6.67. The van der Waals surface area contributed by atoms with E-state index in [1.54, 1.807) is 0 Å². The summed E-state index contributed by atoms with van der Waals surface area (Å²) in [7, 11) is 0. The summed E-state index contributed by atoms with van der Waals surface area (Å²) in [4.78, 5) is 22.3. The number of aliphatic hydroxyl groups excluding tert-OH is 1. The van der Waals surface area contributed by atoms with E-state index < -0.39 is 35.5 Å². The van der Waals surface area contributed by atoms with E-state index in [-0.39, 0.29) is 12.0 Å². The molecule has 0 amide bonds. The number of carboxylic acid groups (broad SMARTS) is 1. The fraction of sp³-hybridized carbons (Fsp3) is 0.333. The number of aliphatic carboxylic acids is 1. The normalized spacial score (nSPS) is 12.8. The van der Waals surface area contributed by atoms with Gasteiger partial charge in [0.05, 0.1) is 0 Å². The van der Waals surface area contributed by atoms with Crippen molar-refractivity contribution in [2.45, 2.75) is 18.9 Å². The smallest absolute Gasteiger partial charge is 0.479 e. The number of Topliss-reactive ketones (excluding diaryl/α,β-unsaturated/α-hetero) is 1. The lowest BCUT2D eigenvalue weighted by atomic mass is 10.0. The maximum atomic E-state index is 12.3. The fourth-order valence-electron chi connectivity index (χ4n) is 1.51. The van der Waals surface area contributed by atoms with E-state index in [2.05, 4.69) is 20.7 Å². The number of alkyl halides is 4. The Hall–Kier alpha value is -1.61. The number of ether oxygens (including phenoxy) is 1. The molecule has 1 unspecified atom stereocenters. The molecule has 116 valence electrons. The number of carboxylic acids is 1. The summed E-state index contributed by atoms with van der Waals surface area (Å²) in [6.45, 7) is 0. The molecule has 0 bridgehead atoms. The zero-order valence-corrected chi connectivity index (χ0v) is 11.9. The summed E-state index contributed by atoms with van der Waals surface area (Å²) in [6.07, 6.45) is -7.22. The molecular formula is C12H10BrF3O5. The van der Waals surface area contributed by atoms with Crippen LogP contribution in [0, 0.1) is 0 Å². The van der Waals surface area contributed by atoms with Crippen LogP contribution in [0.2, 0.25) is 0 Å². The highest BCUT2D eigenvalue weighted by molar-refractivity contribution is 9.09. The molecule has 0 aliphatic rings. The molecular weight excluding hydrogens is 361 g/mol. The van der Waals surface area contributed by atoms with Gasteiger partial charge in [-0.1, -0.05) is 28.1 Å². The van der Waals surface area contributed by atoms with Crippen LogP contribution in [0.25, 0.3) is 0 Å². The number of carbonyl (C=O) groups excluding carboxylic acids is 1. The number of benzene rings is 1. The summed E-state index contributed by atoms with van der Waals surface area (Å²) in [5.41, 5.74) is -0.662. The Kier molecular flexibility index (Phi) is 5.73. The van der Waals surface area contributed by atoms with Crippen molar-refractivity contribution >= 4 is 27.7 Å². The van der Waals surface area contributed by atoms with E-state index in [0.29, 0.717) is 5.33 Å². The van der Waals surface area contributed by atoms with Crippen LogP contribution in [0.4, 0.5) is 13.2 Å². The van der Waals surface area contributed by atoms with Crippen molar-refractivity contribution in [3.05, 3.63) is 29.3 Å². The molecule has 0 heterocycles. The van der Waals surface area contributed by atoms with Gasteiger partial charge in [0.2, 0.25) is 0 Å². The molecule has 1 aromatic carbocycles. The van der Waals surface area contributed by atoms with Gasteiger partial charge in [0.15, 0.2) is 11.9 Å². The van der Waals surface area contributed by atoms with Crippen molar-refractivity contribution in [2.75, 3.05) is 5.33 Å². The molecule has 1 aromatic rings. The van der Waals surface area contributed by atoms with E-state index in [1.807, 2.05) is 0 Å². The Bertz CT molecular complexity index is 544. The molecule has 0 fully saturated rings. The minimum atomic E-state index is -5.08. The van der Waals surface area contributed by atoms with E-state index in [4.69, 9.17) is 5.11 Å². The van der Waals surface area contributed by atoms with Crippen LogP contribution in [0.5, 0.6) is 5.75 Å². The van der Waals surface area contributed by atoms with Crippen LogP contribution < -0.4 is 4.74 Å². The fourth-order valence-corrected chi connectivity index (χ4v) is 1.87. The van der Waals surface area contributed by atoms with Gasteiger partial charge in [-0.2, -0.15) is 0 Å². The summed E-state index contributed by atoms with van der Waals surface area (Å²) >= 11 is 3.02. The highest BCUT2D eigenvalue weighted by Gasteiger charge is 2.34. The Labute approximate surface area is 125 Å². The van der Waals surface area contributed by atoms with E-state index in [9.17, 15) is 27.9 Å². The summed E-state index contributed by atoms with van der Waals surface area (Å²) < 4.78 is 40.7. The molecule has 0 aromatic heterocycles. The molecule has 1 atom stereocenters. The second-order valence-corrected chi connectivity index (χ2v) is 4.70. The molecule has 1 rings (SSSR count). The molecule has 0 aliphatic carbocycles. The van der Waals surface area contributed by atoms with Crippen molar-refractivity contribution in [3.8, 4) is 5.75 Å². The van der Waals surface area contributed by atoms with Crippen molar-refractivity contribution in [1.82, 2.24) is 0 Å². The first-order chi connectivity index (χ1) is 9.65. The number of carbonyl (C=O) groups is 2. The number of hydrogen-bond acceptors (Lipinski definition) is 4. The van der Waals surface area contributed by atoms with Gasteiger partial charge in [-0.05, 0) is 6.07 Å². The van der Waals surface area contributed by atoms with Crippen molar-refractivity contribution in [3.63, 3.8) is 0 Å². The molecule has 0 spiro atoms. The largest absolute Gasteiger partial charge is 0.573 e. The minimum absolute atomic E-state index is 0.0479. The monoisotopic (exact) mass is 370 g/mol. The number of aliphatic hydroxyl groups is 1. The van der Waals surface area contributed by atoms with Crippen LogP contribution in [-0.2, 0) is 4.79 Å². The van der Waals surface area contributed by atoms with Gasteiger partial charge in [-0.25, -0.2) is 4.79 Å². The average molecular weight is 371 g/mol. The third kappa shape index (κ3) is 5.01. The SMILES string of the molecule is O=C(CCBr)c1ccc(C(O)C(=O)O)c(OC(F)(F)F)c1. The van der Waals surface area contributed by atoms with E-state index in [1.165, 1.54) is 0 Å². The highest BCUT2D eigenvalue weighted by atomic mass is 79.9. The second kappa shape index (κ2) is 6.90. The van der Waals surface area contributed by atoms with Gasteiger partial charge in [0.25, 0.3) is 0 Å². The number of rotatable bonds is 6. The second-order valence-electron chi connectivity index (χ2n) is 3.90. The van der Waals surface area contributed by atoms with Crippen molar-refractivity contribution in [1.29, 1.82) is 0 Å². The molecule has 9 heteroatoms. The maximum Gasteiger partial charge on any atom is 0.573 e. The number of ketones is 1. The first-order valence-electron chi connectivity index (χ1n) is 5.55. The highest BCUT2D eigenvalue weighted by Crippen LogP contribution is 2.32. The number of halogens is 4. The Morgan fingerprint density at radius 1 is 1.33 bits per heavy atom.